The molecule has 0 aliphatic heterocycles. The molecule has 0 aromatic carbocycles. The van der Waals surface area contributed by atoms with Gasteiger partial charge < -0.3 is 0 Å². The second-order valence-corrected chi connectivity index (χ2v) is 3.94. The Balaban J connectivity index is 2.15. The summed E-state index contributed by atoms with van der Waals surface area (Å²) in [5.41, 5.74) is 0. The SMILES string of the molecule is CC1CCC2CC=CC=CC12. The summed E-state index contributed by atoms with van der Waals surface area (Å²) < 4.78 is 0. The maximum absolute atomic E-state index is 2.41. The van der Waals surface area contributed by atoms with Gasteiger partial charge in [0.05, 0.1) is 0 Å². The fourth-order valence-electron chi connectivity index (χ4n) is 2.47. The largest absolute Gasteiger partial charge is 0.0843 e. The monoisotopic (exact) mass is 148 g/mol. The first-order valence-corrected chi connectivity index (χ1v) is 4.71. The molecule has 0 spiro atoms. The van der Waals surface area contributed by atoms with E-state index in [0.29, 0.717) is 0 Å². The third kappa shape index (κ3) is 1.26. The van der Waals surface area contributed by atoms with Gasteiger partial charge in [-0.3, -0.25) is 0 Å². The Hall–Kier alpha value is -0.520. The van der Waals surface area contributed by atoms with Crippen LogP contribution < -0.4 is 0 Å². The summed E-state index contributed by atoms with van der Waals surface area (Å²) >= 11 is 0. The van der Waals surface area contributed by atoms with Gasteiger partial charge in [-0.1, -0.05) is 31.2 Å². The zero-order valence-electron chi connectivity index (χ0n) is 7.16. The summed E-state index contributed by atoms with van der Waals surface area (Å²) in [6.45, 7) is 2.39. The van der Waals surface area contributed by atoms with Crippen molar-refractivity contribution in [2.45, 2.75) is 26.2 Å². The number of fused-ring (bicyclic) bond motifs is 1. The van der Waals surface area contributed by atoms with Crippen molar-refractivity contribution in [1.82, 2.24) is 0 Å². The Morgan fingerprint density at radius 3 is 3.00 bits per heavy atom. The van der Waals surface area contributed by atoms with Crippen LogP contribution in [0.25, 0.3) is 0 Å². The quantitative estimate of drug-likeness (QED) is 0.495. The minimum Gasteiger partial charge on any atom is -0.0843 e. The standard InChI is InChI=1S/C11H16/c1-9-7-8-10-5-3-2-4-6-11(9)10/h2-4,6,9-11H,5,7-8H2,1H3. The third-order valence-electron chi connectivity index (χ3n) is 3.21. The molecule has 0 amide bonds. The highest BCUT2D eigenvalue weighted by molar-refractivity contribution is 5.11. The molecule has 0 bridgehead atoms. The predicted octanol–water partition coefficient (Wildman–Crippen LogP) is 3.16. The fourth-order valence-corrected chi connectivity index (χ4v) is 2.47. The highest BCUT2D eigenvalue weighted by Gasteiger charge is 2.30. The first-order valence-electron chi connectivity index (χ1n) is 4.71. The van der Waals surface area contributed by atoms with Gasteiger partial charge in [-0.2, -0.15) is 0 Å². The van der Waals surface area contributed by atoms with E-state index in [1.165, 1.54) is 19.3 Å². The average Bonchev–Trinajstić information content (AvgIpc) is 2.25. The Morgan fingerprint density at radius 2 is 2.09 bits per heavy atom. The zero-order valence-corrected chi connectivity index (χ0v) is 7.16. The Morgan fingerprint density at radius 1 is 1.18 bits per heavy atom. The van der Waals surface area contributed by atoms with Crippen molar-refractivity contribution < 1.29 is 0 Å². The van der Waals surface area contributed by atoms with Crippen molar-refractivity contribution in [1.29, 1.82) is 0 Å². The van der Waals surface area contributed by atoms with Gasteiger partial charge >= 0.3 is 0 Å². The Kier molecular flexibility index (Phi) is 1.85. The molecule has 2 aliphatic carbocycles. The smallest absolute Gasteiger partial charge is 0.0173 e. The summed E-state index contributed by atoms with van der Waals surface area (Å²) in [7, 11) is 0. The van der Waals surface area contributed by atoms with Gasteiger partial charge in [-0.15, -0.1) is 0 Å². The highest BCUT2D eigenvalue weighted by Crippen LogP contribution is 2.40. The number of hydrogen-bond donors (Lipinski definition) is 0. The van der Waals surface area contributed by atoms with Gasteiger partial charge in [0.2, 0.25) is 0 Å². The molecule has 0 nitrogen and oxygen atoms in total. The molecule has 0 radical (unpaired) electrons. The summed E-state index contributed by atoms with van der Waals surface area (Å²) in [5, 5.41) is 0. The van der Waals surface area contributed by atoms with Crippen molar-refractivity contribution in [3.05, 3.63) is 24.3 Å². The van der Waals surface area contributed by atoms with Gasteiger partial charge in [-0.25, -0.2) is 0 Å². The summed E-state index contributed by atoms with van der Waals surface area (Å²) in [4.78, 5) is 0. The maximum Gasteiger partial charge on any atom is -0.0173 e. The molecule has 11 heavy (non-hydrogen) atoms. The van der Waals surface area contributed by atoms with E-state index >= 15 is 0 Å². The average molecular weight is 148 g/mol. The first-order chi connectivity index (χ1) is 5.38. The van der Waals surface area contributed by atoms with Gasteiger partial charge in [0.15, 0.2) is 0 Å². The zero-order chi connectivity index (χ0) is 7.68. The van der Waals surface area contributed by atoms with Crippen LogP contribution >= 0.6 is 0 Å². The van der Waals surface area contributed by atoms with Gasteiger partial charge in [0, 0.05) is 0 Å². The summed E-state index contributed by atoms with van der Waals surface area (Å²) in [6, 6.07) is 0. The number of rotatable bonds is 0. The van der Waals surface area contributed by atoms with E-state index in [9.17, 15) is 0 Å². The Bertz CT molecular complexity index is 188. The van der Waals surface area contributed by atoms with E-state index in [1.807, 2.05) is 0 Å². The van der Waals surface area contributed by atoms with E-state index in [-0.39, 0.29) is 0 Å². The van der Waals surface area contributed by atoms with Crippen LogP contribution in [0, 0.1) is 17.8 Å². The normalized spacial score (nSPS) is 42.1. The van der Waals surface area contributed by atoms with Crippen LogP contribution in [0.2, 0.25) is 0 Å². The van der Waals surface area contributed by atoms with Crippen molar-refractivity contribution in [2.75, 3.05) is 0 Å². The molecular weight excluding hydrogens is 132 g/mol. The lowest BCUT2D eigenvalue weighted by Crippen LogP contribution is -2.08. The molecule has 3 atom stereocenters. The van der Waals surface area contributed by atoms with E-state index in [4.69, 9.17) is 0 Å². The van der Waals surface area contributed by atoms with Crippen LogP contribution in [0.1, 0.15) is 26.2 Å². The van der Waals surface area contributed by atoms with Crippen LogP contribution in [0.15, 0.2) is 24.3 Å². The molecule has 0 aromatic heterocycles. The molecule has 2 rings (SSSR count). The fraction of sp³-hybridized carbons (Fsp3) is 0.636. The first kappa shape index (κ1) is 7.15. The minimum absolute atomic E-state index is 0.880. The summed E-state index contributed by atoms with van der Waals surface area (Å²) in [6.07, 6.45) is 13.3. The lowest BCUT2D eigenvalue weighted by molar-refractivity contribution is 0.405. The van der Waals surface area contributed by atoms with Crippen LogP contribution in [0.4, 0.5) is 0 Å². The minimum atomic E-state index is 0.880. The second-order valence-electron chi connectivity index (χ2n) is 3.94. The molecule has 1 fully saturated rings. The van der Waals surface area contributed by atoms with E-state index in [1.54, 1.807) is 0 Å². The van der Waals surface area contributed by atoms with Crippen LogP contribution in [-0.2, 0) is 0 Å². The molecule has 0 N–H and O–H groups in total. The molecule has 2 aliphatic rings. The number of allylic oxidation sites excluding steroid dienone is 4. The molecule has 0 heterocycles. The van der Waals surface area contributed by atoms with E-state index in [2.05, 4.69) is 31.2 Å². The van der Waals surface area contributed by atoms with Crippen LogP contribution in [-0.4, -0.2) is 0 Å². The van der Waals surface area contributed by atoms with Crippen molar-refractivity contribution in [3.63, 3.8) is 0 Å². The van der Waals surface area contributed by atoms with Crippen molar-refractivity contribution in [2.24, 2.45) is 17.8 Å². The van der Waals surface area contributed by atoms with Crippen molar-refractivity contribution >= 4 is 0 Å². The number of hydrogen-bond acceptors (Lipinski definition) is 0. The lowest BCUT2D eigenvalue weighted by atomic mass is 9.89. The van der Waals surface area contributed by atoms with E-state index < -0.39 is 0 Å². The molecular formula is C11H16. The topological polar surface area (TPSA) is 0 Å². The van der Waals surface area contributed by atoms with Crippen molar-refractivity contribution in [3.8, 4) is 0 Å². The molecule has 1 saturated carbocycles. The molecule has 0 saturated heterocycles. The molecule has 0 aromatic rings. The van der Waals surface area contributed by atoms with Gasteiger partial charge in [0.1, 0.15) is 0 Å². The molecule has 0 heteroatoms. The van der Waals surface area contributed by atoms with E-state index in [0.717, 1.165) is 17.8 Å². The predicted molar refractivity (Wildman–Crippen MR) is 48.3 cm³/mol. The van der Waals surface area contributed by atoms with Gasteiger partial charge in [-0.05, 0) is 37.0 Å². The summed E-state index contributed by atoms with van der Waals surface area (Å²) in [5.74, 6) is 2.76. The highest BCUT2D eigenvalue weighted by atomic mass is 14.4. The molecule has 60 valence electrons. The van der Waals surface area contributed by atoms with Gasteiger partial charge in [0.25, 0.3) is 0 Å². The molecule has 3 unspecified atom stereocenters. The Labute approximate surface area is 69.0 Å². The maximum atomic E-state index is 2.41. The third-order valence-corrected chi connectivity index (χ3v) is 3.21. The van der Waals surface area contributed by atoms with Crippen LogP contribution in [0.5, 0.6) is 0 Å². The lowest BCUT2D eigenvalue weighted by Gasteiger charge is -2.16. The second kappa shape index (κ2) is 2.84. The van der Waals surface area contributed by atoms with Crippen LogP contribution in [0.3, 0.4) is 0 Å².